The molecule has 0 fully saturated rings. The first-order valence-electron chi connectivity index (χ1n) is 4.65. The number of halogens is 2. The summed E-state index contributed by atoms with van der Waals surface area (Å²) in [6, 6.07) is 4.64. The van der Waals surface area contributed by atoms with Gasteiger partial charge in [-0.3, -0.25) is 0 Å². The highest BCUT2D eigenvalue weighted by Gasteiger charge is 2.18. The first-order chi connectivity index (χ1) is 6.70. The molecule has 1 atom stereocenters. The van der Waals surface area contributed by atoms with Crippen LogP contribution in [0.25, 0.3) is 0 Å². The fourth-order valence-electron chi connectivity index (χ4n) is 1.77. The Hall–Kier alpha value is -0.0600. The standard InChI is InChI=1S/C10H12Br2N2/c11-7-3-6-1-2-8(5-13)14-10(6)9(12)4-7/h3-4,8,14H,1-2,5,13H2. The van der Waals surface area contributed by atoms with Gasteiger partial charge < -0.3 is 11.1 Å². The number of nitrogens with one attached hydrogen (secondary N) is 1. The lowest BCUT2D eigenvalue weighted by Crippen LogP contribution is -2.32. The molecule has 0 amide bonds. The Labute approximate surface area is 101 Å². The van der Waals surface area contributed by atoms with Crippen molar-refractivity contribution in [2.45, 2.75) is 18.9 Å². The SMILES string of the molecule is NCC1CCc2cc(Br)cc(Br)c2N1. The van der Waals surface area contributed by atoms with E-state index in [1.807, 2.05) is 0 Å². The zero-order valence-electron chi connectivity index (χ0n) is 7.69. The Bertz CT molecular complexity index is 352. The second-order valence-electron chi connectivity index (χ2n) is 3.54. The molecular weight excluding hydrogens is 308 g/mol. The average Bonchev–Trinajstić information content (AvgIpc) is 2.17. The zero-order chi connectivity index (χ0) is 10.1. The van der Waals surface area contributed by atoms with Crippen LogP contribution in [0.1, 0.15) is 12.0 Å². The zero-order valence-corrected chi connectivity index (χ0v) is 10.9. The van der Waals surface area contributed by atoms with Crippen molar-refractivity contribution in [3.8, 4) is 0 Å². The van der Waals surface area contributed by atoms with Gasteiger partial charge in [-0.05, 0) is 46.5 Å². The van der Waals surface area contributed by atoms with Crippen molar-refractivity contribution in [1.82, 2.24) is 0 Å². The van der Waals surface area contributed by atoms with Crippen LogP contribution in [0.5, 0.6) is 0 Å². The maximum atomic E-state index is 5.65. The second kappa shape index (κ2) is 4.21. The number of aryl methyl sites for hydroxylation is 1. The molecule has 0 saturated heterocycles. The van der Waals surface area contributed by atoms with Gasteiger partial charge in [-0.25, -0.2) is 0 Å². The van der Waals surface area contributed by atoms with E-state index in [0.717, 1.165) is 21.8 Å². The summed E-state index contributed by atoms with van der Waals surface area (Å²) in [6.07, 6.45) is 2.22. The fourth-order valence-corrected chi connectivity index (χ4v) is 3.20. The first kappa shape index (κ1) is 10.5. The fraction of sp³-hybridized carbons (Fsp3) is 0.400. The number of benzene rings is 1. The van der Waals surface area contributed by atoms with Crippen molar-refractivity contribution >= 4 is 37.5 Å². The number of nitrogens with two attached hydrogens (primary N) is 1. The number of anilines is 1. The second-order valence-corrected chi connectivity index (χ2v) is 5.31. The van der Waals surface area contributed by atoms with Crippen molar-refractivity contribution < 1.29 is 0 Å². The molecule has 14 heavy (non-hydrogen) atoms. The molecule has 0 radical (unpaired) electrons. The van der Waals surface area contributed by atoms with E-state index < -0.39 is 0 Å². The van der Waals surface area contributed by atoms with E-state index in [1.165, 1.54) is 11.3 Å². The minimum Gasteiger partial charge on any atom is -0.380 e. The molecular formula is C10H12Br2N2. The molecule has 4 heteroatoms. The van der Waals surface area contributed by atoms with E-state index >= 15 is 0 Å². The van der Waals surface area contributed by atoms with E-state index in [-0.39, 0.29) is 0 Å². The van der Waals surface area contributed by atoms with Gasteiger partial charge >= 0.3 is 0 Å². The summed E-state index contributed by atoms with van der Waals surface area (Å²) in [5, 5.41) is 3.45. The molecule has 1 aliphatic heterocycles. The highest BCUT2D eigenvalue weighted by molar-refractivity contribution is 9.11. The van der Waals surface area contributed by atoms with Crippen LogP contribution >= 0.6 is 31.9 Å². The summed E-state index contributed by atoms with van der Waals surface area (Å²) >= 11 is 7.05. The van der Waals surface area contributed by atoms with Gasteiger partial charge in [-0.15, -0.1) is 0 Å². The first-order valence-corrected chi connectivity index (χ1v) is 6.24. The topological polar surface area (TPSA) is 38.0 Å². The van der Waals surface area contributed by atoms with Crippen molar-refractivity contribution in [1.29, 1.82) is 0 Å². The van der Waals surface area contributed by atoms with Crippen LogP contribution < -0.4 is 11.1 Å². The molecule has 0 bridgehead atoms. The van der Waals surface area contributed by atoms with Crippen molar-refractivity contribution in [3.05, 3.63) is 26.6 Å². The van der Waals surface area contributed by atoms with Gasteiger partial charge in [0.1, 0.15) is 0 Å². The number of hydrogen-bond acceptors (Lipinski definition) is 2. The van der Waals surface area contributed by atoms with E-state index in [2.05, 4.69) is 49.3 Å². The van der Waals surface area contributed by atoms with Gasteiger partial charge in [0, 0.05) is 21.5 Å². The van der Waals surface area contributed by atoms with Gasteiger partial charge in [-0.1, -0.05) is 15.9 Å². The normalized spacial score (nSPS) is 20.1. The third-order valence-corrected chi connectivity index (χ3v) is 3.62. The largest absolute Gasteiger partial charge is 0.380 e. The van der Waals surface area contributed by atoms with Crippen LogP contribution in [-0.2, 0) is 6.42 Å². The molecule has 1 aliphatic rings. The Morgan fingerprint density at radius 2 is 2.21 bits per heavy atom. The lowest BCUT2D eigenvalue weighted by molar-refractivity contribution is 0.638. The summed E-state index contributed by atoms with van der Waals surface area (Å²) in [6.45, 7) is 0.696. The van der Waals surface area contributed by atoms with E-state index in [4.69, 9.17) is 5.73 Å². The minimum atomic E-state index is 0.417. The molecule has 0 spiro atoms. The predicted molar refractivity (Wildman–Crippen MR) is 66.6 cm³/mol. The Morgan fingerprint density at radius 1 is 1.43 bits per heavy atom. The summed E-state index contributed by atoms with van der Waals surface area (Å²) in [5.74, 6) is 0. The van der Waals surface area contributed by atoms with E-state index in [9.17, 15) is 0 Å². The van der Waals surface area contributed by atoms with E-state index in [0.29, 0.717) is 12.6 Å². The summed E-state index contributed by atoms with van der Waals surface area (Å²) < 4.78 is 2.23. The van der Waals surface area contributed by atoms with Gasteiger partial charge in [0.15, 0.2) is 0 Å². The highest BCUT2D eigenvalue weighted by Crippen LogP contribution is 2.34. The van der Waals surface area contributed by atoms with Gasteiger partial charge in [-0.2, -0.15) is 0 Å². The molecule has 0 aliphatic carbocycles. The Balaban J connectivity index is 2.37. The molecule has 1 unspecified atom stereocenters. The van der Waals surface area contributed by atoms with Crippen molar-refractivity contribution in [2.75, 3.05) is 11.9 Å². The maximum absolute atomic E-state index is 5.65. The smallest absolute Gasteiger partial charge is 0.0520 e. The molecule has 2 rings (SSSR count). The summed E-state index contributed by atoms with van der Waals surface area (Å²) in [4.78, 5) is 0. The van der Waals surface area contributed by atoms with Crippen LogP contribution in [0.4, 0.5) is 5.69 Å². The molecule has 3 N–H and O–H groups in total. The van der Waals surface area contributed by atoms with Crippen LogP contribution in [0, 0.1) is 0 Å². The van der Waals surface area contributed by atoms with Gasteiger partial charge in [0.2, 0.25) is 0 Å². The van der Waals surface area contributed by atoms with E-state index in [1.54, 1.807) is 0 Å². The third kappa shape index (κ3) is 1.97. The summed E-state index contributed by atoms with van der Waals surface area (Å²) in [5.41, 5.74) is 8.21. The molecule has 1 aromatic rings. The monoisotopic (exact) mass is 318 g/mol. The molecule has 0 saturated carbocycles. The maximum Gasteiger partial charge on any atom is 0.0520 e. The quantitative estimate of drug-likeness (QED) is 0.835. The molecule has 76 valence electrons. The van der Waals surface area contributed by atoms with Crippen molar-refractivity contribution in [3.63, 3.8) is 0 Å². The molecule has 0 aromatic heterocycles. The number of fused-ring (bicyclic) bond motifs is 1. The molecule has 1 heterocycles. The molecule has 1 aromatic carbocycles. The Kier molecular flexibility index (Phi) is 3.14. The van der Waals surface area contributed by atoms with Crippen LogP contribution in [0.3, 0.4) is 0 Å². The number of rotatable bonds is 1. The van der Waals surface area contributed by atoms with Crippen LogP contribution in [-0.4, -0.2) is 12.6 Å². The highest BCUT2D eigenvalue weighted by atomic mass is 79.9. The lowest BCUT2D eigenvalue weighted by Gasteiger charge is -2.27. The lowest BCUT2D eigenvalue weighted by atomic mass is 9.98. The third-order valence-electron chi connectivity index (χ3n) is 2.53. The van der Waals surface area contributed by atoms with Crippen LogP contribution in [0.2, 0.25) is 0 Å². The van der Waals surface area contributed by atoms with Crippen molar-refractivity contribution in [2.24, 2.45) is 5.73 Å². The number of hydrogen-bond donors (Lipinski definition) is 2. The minimum absolute atomic E-state index is 0.417. The van der Waals surface area contributed by atoms with Gasteiger partial charge in [0.05, 0.1) is 5.69 Å². The van der Waals surface area contributed by atoms with Crippen LogP contribution in [0.15, 0.2) is 21.1 Å². The Morgan fingerprint density at radius 3 is 2.93 bits per heavy atom. The van der Waals surface area contributed by atoms with Gasteiger partial charge in [0.25, 0.3) is 0 Å². The summed E-state index contributed by atoms with van der Waals surface area (Å²) in [7, 11) is 0. The average molecular weight is 320 g/mol. The molecule has 2 nitrogen and oxygen atoms in total. The predicted octanol–water partition coefficient (Wildman–Crippen LogP) is 2.90.